The Hall–Kier alpha value is -4.10. The molecule has 4 aromatic rings. The summed E-state index contributed by atoms with van der Waals surface area (Å²) >= 11 is 0. The summed E-state index contributed by atoms with van der Waals surface area (Å²) in [5, 5.41) is 0.891. The fraction of sp³-hybridized carbons (Fsp3) is 0.389. The normalized spacial score (nSPS) is 18.1. The molecule has 0 N–H and O–H groups in total. The maximum Gasteiger partial charge on any atom is 0.254 e. The van der Waals surface area contributed by atoms with Crippen molar-refractivity contribution < 1.29 is 14.3 Å². The van der Waals surface area contributed by atoms with E-state index in [0.717, 1.165) is 97.0 Å². The lowest BCUT2D eigenvalue weighted by molar-refractivity contribution is 0.0710. The molecule has 3 aliphatic rings. The number of anilines is 1. The van der Waals surface area contributed by atoms with Crippen molar-refractivity contribution in [1.82, 2.24) is 14.8 Å². The molecule has 2 saturated heterocycles. The van der Waals surface area contributed by atoms with Crippen LogP contribution in [0.5, 0.6) is 11.5 Å². The van der Waals surface area contributed by atoms with E-state index in [1.807, 2.05) is 24.3 Å². The van der Waals surface area contributed by atoms with Crippen molar-refractivity contribution in [3.63, 3.8) is 0 Å². The van der Waals surface area contributed by atoms with Crippen LogP contribution in [0.2, 0.25) is 0 Å². The van der Waals surface area contributed by atoms with Gasteiger partial charge in [-0.3, -0.25) is 4.79 Å². The van der Waals surface area contributed by atoms with Crippen LogP contribution in [0.25, 0.3) is 22.0 Å². The summed E-state index contributed by atoms with van der Waals surface area (Å²) in [5.41, 5.74) is 6.09. The highest BCUT2D eigenvalue weighted by molar-refractivity contribution is 6.08. The molecule has 0 aliphatic carbocycles. The predicted octanol–water partition coefficient (Wildman–Crippen LogP) is 6.67. The van der Waals surface area contributed by atoms with E-state index in [4.69, 9.17) is 14.5 Å². The molecule has 0 saturated carbocycles. The molecule has 0 spiro atoms. The zero-order valence-electron chi connectivity index (χ0n) is 25.2. The number of hydrogen-bond acceptors (Lipinski definition) is 6. The lowest BCUT2D eigenvalue weighted by Crippen LogP contribution is -2.42. The fourth-order valence-corrected chi connectivity index (χ4v) is 6.79. The molecule has 1 amide bonds. The minimum absolute atomic E-state index is 0.115. The standard InChI is InChI=1S/C36H40N4O3/c1-3-39(22-26-10-8-25(2)9-11-26)35-21-31(36(41)40-18-6-7-29(40)23-38-16-4-5-17-38)30-19-27(12-14-32(30)37-35)28-13-15-33-34(20-28)43-24-42-33/h8-15,19-21,29H,3-7,16-18,22-24H2,1-2H3/t29-/m0/s1. The molecule has 222 valence electrons. The third-order valence-electron chi connectivity index (χ3n) is 9.24. The van der Waals surface area contributed by atoms with Gasteiger partial charge in [0.25, 0.3) is 5.91 Å². The average Bonchev–Trinajstić information content (AvgIpc) is 3.82. The molecule has 0 bridgehead atoms. The molecule has 0 unspecified atom stereocenters. The third-order valence-corrected chi connectivity index (χ3v) is 9.24. The number of hydrogen-bond donors (Lipinski definition) is 0. The van der Waals surface area contributed by atoms with Crippen LogP contribution in [0.15, 0.2) is 66.7 Å². The quantitative estimate of drug-likeness (QED) is 0.234. The molecule has 0 radical (unpaired) electrons. The van der Waals surface area contributed by atoms with Crippen LogP contribution >= 0.6 is 0 Å². The van der Waals surface area contributed by atoms with Crippen LogP contribution < -0.4 is 14.4 Å². The zero-order chi connectivity index (χ0) is 29.3. The Bertz CT molecular complexity index is 1630. The summed E-state index contributed by atoms with van der Waals surface area (Å²) in [4.78, 5) is 26.6. The molecule has 1 aromatic heterocycles. The van der Waals surface area contributed by atoms with Gasteiger partial charge in [0.1, 0.15) is 5.82 Å². The van der Waals surface area contributed by atoms with Gasteiger partial charge < -0.3 is 24.2 Å². The topological polar surface area (TPSA) is 58.1 Å². The monoisotopic (exact) mass is 576 g/mol. The number of pyridine rings is 1. The van der Waals surface area contributed by atoms with Gasteiger partial charge in [-0.1, -0.05) is 42.0 Å². The summed E-state index contributed by atoms with van der Waals surface area (Å²) in [6.45, 7) is 10.1. The molecule has 7 heteroatoms. The van der Waals surface area contributed by atoms with Gasteiger partial charge in [0.2, 0.25) is 6.79 Å². The van der Waals surface area contributed by atoms with Gasteiger partial charge in [0, 0.05) is 37.6 Å². The second-order valence-electron chi connectivity index (χ2n) is 12.1. The van der Waals surface area contributed by atoms with Crippen molar-refractivity contribution in [1.29, 1.82) is 0 Å². The van der Waals surface area contributed by atoms with Gasteiger partial charge in [0.15, 0.2) is 11.5 Å². The van der Waals surface area contributed by atoms with Crippen LogP contribution in [0.1, 0.15) is 54.1 Å². The first kappa shape index (κ1) is 27.7. The number of rotatable bonds is 8. The number of carbonyl (C=O) groups excluding carboxylic acids is 1. The molecule has 1 atom stereocenters. The van der Waals surface area contributed by atoms with Crippen molar-refractivity contribution in [3.05, 3.63) is 83.4 Å². The number of ether oxygens (including phenoxy) is 2. The van der Waals surface area contributed by atoms with E-state index >= 15 is 0 Å². The maximum absolute atomic E-state index is 14.5. The SMILES string of the molecule is CCN(Cc1ccc(C)cc1)c1cc(C(=O)N2CCC[C@H]2CN2CCCC2)c2cc(-c3ccc4c(c3)OCO4)ccc2n1. The second kappa shape index (κ2) is 11.9. The van der Waals surface area contributed by atoms with Gasteiger partial charge in [-0.25, -0.2) is 4.98 Å². The molecular weight excluding hydrogens is 536 g/mol. The second-order valence-corrected chi connectivity index (χ2v) is 12.1. The van der Waals surface area contributed by atoms with Crippen LogP contribution in [-0.2, 0) is 6.54 Å². The Balaban J connectivity index is 1.28. The molecule has 3 aromatic carbocycles. The minimum Gasteiger partial charge on any atom is -0.454 e. The summed E-state index contributed by atoms with van der Waals surface area (Å²) in [5.74, 6) is 2.46. The number of carbonyl (C=O) groups is 1. The third kappa shape index (κ3) is 5.66. The molecule has 3 aliphatic heterocycles. The number of aromatic nitrogens is 1. The molecule has 4 heterocycles. The molecule has 43 heavy (non-hydrogen) atoms. The highest BCUT2D eigenvalue weighted by Gasteiger charge is 2.33. The maximum atomic E-state index is 14.5. The first-order chi connectivity index (χ1) is 21.1. The Morgan fingerprint density at radius 2 is 1.67 bits per heavy atom. The minimum atomic E-state index is 0.115. The summed E-state index contributed by atoms with van der Waals surface area (Å²) in [6, 6.07) is 23.2. The lowest BCUT2D eigenvalue weighted by atomic mass is 9.99. The fourth-order valence-electron chi connectivity index (χ4n) is 6.79. The summed E-state index contributed by atoms with van der Waals surface area (Å²) < 4.78 is 11.2. The Labute approximate surface area is 254 Å². The first-order valence-corrected chi connectivity index (χ1v) is 15.7. The Kier molecular flexibility index (Phi) is 7.66. The van der Waals surface area contributed by atoms with Crippen molar-refractivity contribution in [2.45, 2.75) is 52.1 Å². The van der Waals surface area contributed by atoms with Gasteiger partial charge in [-0.2, -0.15) is 0 Å². The first-order valence-electron chi connectivity index (χ1n) is 15.7. The number of benzene rings is 3. The van der Waals surface area contributed by atoms with Crippen LogP contribution in [0.3, 0.4) is 0 Å². The number of amides is 1. The van der Waals surface area contributed by atoms with Crippen molar-refractivity contribution in [3.8, 4) is 22.6 Å². The Morgan fingerprint density at radius 1 is 0.907 bits per heavy atom. The summed E-state index contributed by atoms with van der Waals surface area (Å²) in [7, 11) is 0. The number of fused-ring (bicyclic) bond motifs is 2. The van der Waals surface area contributed by atoms with E-state index in [-0.39, 0.29) is 18.7 Å². The van der Waals surface area contributed by atoms with Crippen LogP contribution in [-0.4, -0.2) is 66.2 Å². The average molecular weight is 577 g/mol. The van der Waals surface area contributed by atoms with Crippen LogP contribution in [0.4, 0.5) is 5.82 Å². The molecule has 7 rings (SSSR count). The number of nitrogens with zero attached hydrogens (tertiary/aromatic N) is 4. The van der Waals surface area contributed by atoms with E-state index in [1.165, 1.54) is 24.0 Å². The Morgan fingerprint density at radius 3 is 2.49 bits per heavy atom. The van der Waals surface area contributed by atoms with Crippen molar-refractivity contribution in [2.24, 2.45) is 0 Å². The van der Waals surface area contributed by atoms with Gasteiger partial charge in [0.05, 0.1) is 11.1 Å². The smallest absolute Gasteiger partial charge is 0.254 e. The highest BCUT2D eigenvalue weighted by atomic mass is 16.7. The predicted molar refractivity (Wildman–Crippen MR) is 171 cm³/mol. The van der Waals surface area contributed by atoms with E-state index in [2.05, 4.69) is 71.0 Å². The van der Waals surface area contributed by atoms with E-state index in [0.29, 0.717) is 0 Å². The largest absolute Gasteiger partial charge is 0.454 e. The number of likely N-dealkylation sites (tertiary alicyclic amines) is 2. The van der Waals surface area contributed by atoms with E-state index in [9.17, 15) is 4.79 Å². The highest BCUT2D eigenvalue weighted by Crippen LogP contribution is 2.37. The van der Waals surface area contributed by atoms with Crippen molar-refractivity contribution in [2.75, 3.05) is 44.4 Å². The zero-order valence-corrected chi connectivity index (χ0v) is 25.2. The van der Waals surface area contributed by atoms with Gasteiger partial charge in [-0.15, -0.1) is 0 Å². The molecular formula is C36H40N4O3. The lowest BCUT2D eigenvalue weighted by Gasteiger charge is -2.29. The van der Waals surface area contributed by atoms with Gasteiger partial charge in [-0.05, 0) is 99.6 Å². The molecule has 2 fully saturated rings. The van der Waals surface area contributed by atoms with Gasteiger partial charge >= 0.3 is 0 Å². The summed E-state index contributed by atoms with van der Waals surface area (Å²) in [6.07, 6.45) is 4.64. The number of aryl methyl sites for hydroxylation is 1. The van der Waals surface area contributed by atoms with Crippen molar-refractivity contribution >= 4 is 22.6 Å². The van der Waals surface area contributed by atoms with E-state index in [1.54, 1.807) is 0 Å². The van der Waals surface area contributed by atoms with Crippen LogP contribution in [0, 0.1) is 6.92 Å². The van der Waals surface area contributed by atoms with E-state index < -0.39 is 0 Å². The molecule has 7 nitrogen and oxygen atoms in total.